The van der Waals surface area contributed by atoms with Gasteiger partial charge in [0.05, 0.1) is 0 Å². The van der Waals surface area contributed by atoms with Crippen molar-refractivity contribution in [2.45, 2.75) is 51.0 Å². The molecule has 2 N–H and O–H groups in total. The smallest absolute Gasteiger partial charge is 0.0131 e. The average molecular weight is 217 g/mol. The fraction of sp³-hybridized carbons (Fsp3) is 0.600. The Morgan fingerprint density at radius 1 is 1.06 bits per heavy atom. The van der Waals surface area contributed by atoms with E-state index >= 15 is 0 Å². The van der Waals surface area contributed by atoms with Crippen molar-refractivity contribution in [3.8, 4) is 0 Å². The van der Waals surface area contributed by atoms with Crippen molar-refractivity contribution in [3.63, 3.8) is 0 Å². The van der Waals surface area contributed by atoms with E-state index in [1.807, 2.05) is 0 Å². The van der Waals surface area contributed by atoms with Gasteiger partial charge < -0.3 is 5.73 Å². The molecule has 1 aliphatic rings. The molecule has 0 aromatic heterocycles. The average Bonchev–Trinajstić information content (AvgIpc) is 2.29. The normalized spacial score (nSPS) is 26.7. The van der Waals surface area contributed by atoms with Crippen LogP contribution in [0.2, 0.25) is 0 Å². The van der Waals surface area contributed by atoms with E-state index in [0.29, 0.717) is 11.8 Å². The van der Waals surface area contributed by atoms with Crippen molar-refractivity contribution >= 4 is 0 Å². The lowest BCUT2D eigenvalue weighted by Crippen LogP contribution is -2.45. The van der Waals surface area contributed by atoms with Gasteiger partial charge >= 0.3 is 0 Å². The maximum atomic E-state index is 6.34. The van der Waals surface area contributed by atoms with Crippen LogP contribution in [0.15, 0.2) is 30.3 Å². The maximum absolute atomic E-state index is 6.34. The maximum Gasteiger partial charge on any atom is 0.0131 e. The van der Waals surface area contributed by atoms with Crippen molar-refractivity contribution in [1.29, 1.82) is 0 Å². The minimum Gasteiger partial charge on any atom is -0.325 e. The Balaban J connectivity index is 2.24. The molecule has 0 bridgehead atoms. The summed E-state index contributed by atoms with van der Waals surface area (Å²) in [7, 11) is 0. The molecule has 1 heteroatoms. The summed E-state index contributed by atoms with van der Waals surface area (Å²) in [5.74, 6) is 1.29. The summed E-state index contributed by atoms with van der Waals surface area (Å²) in [6.45, 7) is 4.36. The molecule has 1 nitrogen and oxygen atoms in total. The molecule has 16 heavy (non-hydrogen) atoms. The summed E-state index contributed by atoms with van der Waals surface area (Å²) < 4.78 is 0. The molecule has 1 aromatic carbocycles. The number of hydrogen-bond donors (Lipinski definition) is 1. The molecule has 0 amide bonds. The van der Waals surface area contributed by atoms with Gasteiger partial charge in [-0.25, -0.2) is 0 Å². The molecule has 1 aliphatic carbocycles. The van der Waals surface area contributed by atoms with Gasteiger partial charge in [0.2, 0.25) is 0 Å². The first kappa shape index (κ1) is 11.7. The van der Waals surface area contributed by atoms with Crippen molar-refractivity contribution in [2.75, 3.05) is 0 Å². The molecule has 2 rings (SSSR count). The van der Waals surface area contributed by atoms with E-state index in [4.69, 9.17) is 5.73 Å². The van der Waals surface area contributed by atoms with Crippen LogP contribution in [0.5, 0.6) is 0 Å². The second-order valence-corrected chi connectivity index (χ2v) is 5.73. The third kappa shape index (κ3) is 2.46. The molecular formula is C15H23N. The highest BCUT2D eigenvalue weighted by Gasteiger charge is 2.35. The largest absolute Gasteiger partial charge is 0.325 e. The van der Waals surface area contributed by atoms with E-state index in [1.54, 1.807) is 0 Å². The second-order valence-electron chi connectivity index (χ2n) is 5.73. The van der Waals surface area contributed by atoms with Gasteiger partial charge in [0.1, 0.15) is 0 Å². The predicted molar refractivity (Wildman–Crippen MR) is 69.4 cm³/mol. The topological polar surface area (TPSA) is 26.0 Å². The van der Waals surface area contributed by atoms with Gasteiger partial charge in [0.25, 0.3) is 0 Å². The van der Waals surface area contributed by atoms with Crippen molar-refractivity contribution in [1.82, 2.24) is 0 Å². The van der Waals surface area contributed by atoms with Gasteiger partial charge in [-0.3, -0.25) is 0 Å². The summed E-state index contributed by atoms with van der Waals surface area (Å²) in [6.07, 6.45) is 5.28. The first-order valence-corrected chi connectivity index (χ1v) is 6.43. The first-order valence-electron chi connectivity index (χ1n) is 6.43. The van der Waals surface area contributed by atoms with Crippen LogP contribution in [0.3, 0.4) is 0 Å². The Morgan fingerprint density at radius 3 is 2.31 bits per heavy atom. The summed E-state index contributed by atoms with van der Waals surface area (Å²) in [5.41, 5.74) is 7.76. The van der Waals surface area contributed by atoms with Gasteiger partial charge in [-0.1, -0.05) is 43.2 Å². The molecule has 88 valence electrons. The fourth-order valence-corrected chi connectivity index (χ4v) is 3.12. The monoisotopic (exact) mass is 217 g/mol. The molecule has 1 fully saturated rings. The van der Waals surface area contributed by atoms with Crippen LogP contribution in [-0.2, 0) is 0 Å². The van der Waals surface area contributed by atoms with Crippen LogP contribution in [0.4, 0.5) is 0 Å². The van der Waals surface area contributed by atoms with Crippen molar-refractivity contribution in [2.24, 2.45) is 11.7 Å². The zero-order valence-corrected chi connectivity index (χ0v) is 10.4. The van der Waals surface area contributed by atoms with Crippen LogP contribution in [0.1, 0.15) is 51.0 Å². The zero-order chi connectivity index (χ0) is 11.6. The summed E-state index contributed by atoms with van der Waals surface area (Å²) in [6, 6.07) is 10.9. The van der Waals surface area contributed by atoms with Crippen molar-refractivity contribution in [3.05, 3.63) is 35.9 Å². The van der Waals surface area contributed by atoms with E-state index < -0.39 is 0 Å². The van der Waals surface area contributed by atoms with Crippen LogP contribution >= 0.6 is 0 Å². The Labute approximate surface area is 99.0 Å². The highest BCUT2D eigenvalue weighted by atomic mass is 14.7. The van der Waals surface area contributed by atoms with Crippen LogP contribution < -0.4 is 5.73 Å². The van der Waals surface area contributed by atoms with Crippen LogP contribution in [0, 0.1) is 5.92 Å². The van der Waals surface area contributed by atoms with E-state index in [9.17, 15) is 0 Å². The molecule has 0 saturated heterocycles. The third-order valence-corrected chi connectivity index (χ3v) is 3.95. The summed E-state index contributed by atoms with van der Waals surface area (Å²) >= 11 is 0. The Hall–Kier alpha value is -0.820. The Bertz CT molecular complexity index is 323. The lowest BCUT2D eigenvalue weighted by atomic mass is 9.68. The van der Waals surface area contributed by atoms with Gasteiger partial charge in [0, 0.05) is 5.54 Å². The highest BCUT2D eigenvalue weighted by molar-refractivity contribution is 5.22. The van der Waals surface area contributed by atoms with Crippen molar-refractivity contribution < 1.29 is 0 Å². The van der Waals surface area contributed by atoms with E-state index in [2.05, 4.69) is 44.2 Å². The Morgan fingerprint density at radius 2 is 1.69 bits per heavy atom. The molecule has 0 aliphatic heterocycles. The number of rotatable bonds is 2. The predicted octanol–water partition coefficient (Wildman–Crippen LogP) is 3.70. The molecule has 2 atom stereocenters. The van der Waals surface area contributed by atoms with Gasteiger partial charge in [-0.2, -0.15) is 0 Å². The molecule has 0 radical (unpaired) electrons. The van der Waals surface area contributed by atoms with E-state index in [-0.39, 0.29) is 5.54 Å². The molecule has 1 saturated carbocycles. The minimum absolute atomic E-state index is 0.0546. The SMILES string of the molecule is CC(C)(N)C1CCCCC1c1ccccc1. The lowest BCUT2D eigenvalue weighted by molar-refractivity contribution is 0.205. The van der Waals surface area contributed by atoms with Crippen LogP contribution in [-0.4, -0.2) is 5.54 Å². The van der Waals surface area contributed by atoms with Gasteiger partial charge in [-0.05, 0) is 44.1 Å². The highest BCUT2D eigenvalue weighted by Crippen LogP contribution is 2.42. The second kappa shape index (κ2) is 4.58. The lowest BCUT2D eigenvalue weighted by Gasteiger charge is -2.40. The summed E-state index contributed by atoms with van der Waals surface area (Å²) in [5, 5.41) is 0. The van der Waals surface area contributed by atoms with Gasteiger partial charge in [-0.15, -0.1) is 0 Å². The van der Waals surface area contributed by atoms with E-state index in [1.165, 1.54) is 31.2 Å². The number of benzene rings is 1. The third-order valence-electron chi connectivity index (χ3n) is 3.95. The van der Waals surface area contributed by atoms with Crippen LogP contribution in [0.25, 0.3) is 0 Å². The molecule has 0 spiro atoms. The Kier molecular flexibility index (Phi) is 3.34. The van der Waals surface area contributed by atoms with Gasteiger partial charge in [0.15, 0.2) is 0 Å². The molecule has 2 unspecified atom stereocenters. The van der Waals surface area contributed by atoms with E-state index in [0.717, 1.165) is 0 Å². The standard InChI is InChI=1S/C15H23N/c1-15(2,16)14-11-7-6-10-13(14)12-8-4-3-5-9-12/h3-5,8-9,13-14H,6-7,10-11,16H2,1-2H3. The minimum atomic E-state index is -0.0546. The molecule has 1 aromatic rings. The molecular weight excluding hydrogens is 194 g/mol. The summed E-state index contributed by atoms with van der Waals surface area (Å²) in [4.78, 5) is 0. The first-order chi connectivity index (χ1) is 7.59. The number of nitrogens with two attached hydrogens (primary N) is 1. The fourth-order valence-electron chi connectivity index (χ4n) is 3.12. The number of hydrogen-bond acceptors (Lipinski definition) is 1. The molecule has 0 heterocycles. The quantitative estimate of drug-likeness (QED) is 0.803. The zero-order valence-electron chi connectivity index (χ0n) is 10.4.